The van der Waals surface area contributed by atoms with E-state index in [0.717, 1.165) is 17.7 Å². The van der Waals surface area contributed by atoms with Gasteiger partial charge < -0.3 is 5.32 Å². The minimum atomic E-state index is -4.72. The number of hydrazone groups is 1. The van der Waals surface area contributed by atoms with E-state index in [4.69, 9.17) is 0 Å². The lowest BCUT2D eigenvalue weighted by Crippen LogP contribution is -2.40. The number of carbonyl (C=O) groups is 2. The zero-order valence-corrected chi connectivity index (χ0v) is 23.9. The van der Waals surface area contributed by atoms with Crippen LogP contribution in [0.4, 0.5) is 24.5 Å². The minimum absolute atomic E-state index is 0.192. The number of amides is 2. The van der Waals surface area contributed by atoms with Gasteiger partial charge >= 0.3 is 6.18 Å². The second-order valence-corrected chi connectivity index (χ2v) is 11.4. The van der Waals surface area contributed by atoms with E-state index in [0.29, 0.717) is 32.9 Å². The van der Waals surface area contributed by atoms with Crippen LogP contribution in [0.5, 0.6) is 0 Å². The first kappa shape index (κ1) is 31.0. The van der Waals surface area contributed by atoms with E-state index < -0.39 is 34.2 Å². The summed E-state index contributed by atoms with van der Waals surface area (Å²) in [5, 5.41) is 6.80. The first-order valence-corrected chi connectivity index (χ1v) is 14.4. The van der Waals surface area contributed by atoms with Gasteiger partial charge in [0.1, 0.15) is 6.54 Å². The summed E-state index contributed by atoms with van der Waals surface area (Å²) in [6.45, 7) is 2.52. The maximum absolute atomic E-state index is 13.5. The average molecular weight is 609 g/mol. The molecule has 0 spiro atoms. The maximum Gasteiger partial charge on any atom is 0.416 e. The Bertz CT molecular complexity index is 1740. The number of nitrogens with zero attached hydrogens (tertiary/aromatic N) is 2. The topological polar surface area (TPSA) is 108 Å². The number of carbonyl (C=O) groups excluding carboxylic acids is 2. The largest absolute Gasteiger partial charge is 0.416 e. The molecule has 43 heavy (non-hydrogen) atoms. The summed E-state index contributed by atoms with van der Waals surface area (Å²) in [6.07, 6.45) is -4.72. The Morgan fingerprint density at radius 1 is 0.837 bits per heavy atom. The summed E-state index contributed by atoms with van der Waals surface area (Å²) in [6, 6.07) is 24.8. The van der Waals surface area contributed by atoms with Crippen LogP contribution < -0.4 is 15.0 Å². The highest BCUT2D eigenvalue weighted by Gasteiger charge is 2.33. The van der Waals surface area contributed by atoms with Gasteiger partial charge in [0.2, 0.25) is 0 Å². The molecule has 4 rings (SSSR count). The summed E-state index contributed by atoms with van der Waals surface area (Å²) in [5.41, 5.74) is 3.65. The lowest BCUT2D eigenvalue weighted by atomic mass is 10.1. The van der Waals surface area contributed by atoms with E-state index in [1.807, 2.05) is 0 Å². The Balaban J connectivity index is 1.51. The van der Waals surface area contributed by atoms with Crippen LogP contribution in [-0.4, -0.2) is 32.5 Å². The molecule has 0 aliphatic heterocycles. The third-order valence-corrected chi connectivity index (χ3v) is 8.09. The van der Waals surface area contributed by atoms with Crippen LogP contribution in [0.15, 0.2) is 113 Å². The molecule has 0 aliphatic carbocycles. The molecule has 0 saturated heterocycles. The average Bonchev–Trinajstić information content (AvgIpc) is 2.99. The fourth-order valence-corrected chi connectivity index (χ4v) is 5.37. The molecular weight excluding hydrogens is 581 g/mol. The maximum atomic E-state index is 13.5. The number of hydrogen-bond acceptors (Lipinski definition) is 5. The SMILES string of the molecule is C/C(=N/NC(=O)CN(c1cccc(C(F)(F)F)c1)S(=O)(=O)c1ccc(C)cc1)c1ccc(NC(=O)c2ccccc2)cc1. The summed E-state index contributed by atoms with van der Waals surface area (Å²) in [7, 11) is -4.43. The van der Waals surface area contributed by atoms with E-state index in [2.05, 4.69) is 15.8 Å². The van der Waals surface area contributed by atoms with Crippen LogP contribution in [0, 0.1) is 6.92 Å². The van der Waals surface area contributed by atoms with Crippen LogP contribution in [0.2, 0.25) is 0 Å². The van der Waals surface area contributed by atoms with Gasteiger partial charge in [-0.2, -0.15) is 18.3 Å². The van der Waals surface area contributed by atoms with Crippen LogP contribution in [0.25, 0.3) is 0 Å². The lowest BCUT2D eigenvalue weighted by Gasteiger charge is -2.24. The first-order valence-electron chi connectivity index (χ1n) is 12.9. The predicted molar refractivity (Wildman–Crippen MR) is 158 cm³/mol. The number of sulfonamides is 1. The molecule has 4 aromatic rings. The molecule has 0 radical (unpaired) electrons. The van der Waals surface area contributed by atoms with E-state index in [1.165, 1.54) is 18.2 Å². The van der Waals surface area contributed by atoms with Gasteiger partial charge in [-0.25, -0.2) is 13.8 Å². The Kier molecular flexibility index (Phi) is 9.30. The van der Waals surface area contributed by atoms with Gasteiger partial charge in [0.25, 0.3) is 21.8 Å². The third kappa shape index (κ3) is 7.86. The molecule has 0 atom stereocenters. The minimum Gasteiger partial charge on any atom is -0.322 e. The highest BCUT2D eigenvalue weighted by atomic mass is 32.2. The van der Waals surface area contributed by atoms with Gasteiger partial charge in [-0.15, -0.1) is 0 Å². The van der Waals surface area contributed by atoms with Crippen molar-refractivity contribution in [3.8, 4) is 0 Å². The molecule has 12 heteroatoms. The Morgan fingerprint density at radius 3 is 2.12 bits per heavy atom. The van der Waals surface area contributed by atoms with Crippen molar-refractivity contribution >= 4 is 38.9 Å². The molecule has 0 fully saturated rings. The van der Waals surface area contributed by atoms with Crippen LogP contribution in [0.3, 0.4) is 0 Å². The monoisotopic (exact) mass is 608 g/mol. The molecule has 0 aliphatic rings. The van der Waals surface area contributed by atoms with Crippen LogP contribution in [0.1, 0.15) is 34.0 Å². The smallest absolute Gasteiger partial charge is 0.322 e. The predicted octanol–water partition coefficient (Wildman–Crippen LogP) is 6.00. The normalized spacial score (nSPS) is 12.0. The third-order valence-electron chi connectivity index (χ3n) is 6.30. The number of aryl methyl sites for hydroxylation is 1. The number of rotatable bonds is 9. The van der Waals surface area contributed by atoms with Crippen LogP contribution >= 0.6 is 0 Å². The van der Waals surface area contributed by atoms with Crippen molar-refractivity contribution < 1.29 is 31.2 Å². The van der Waals surface area contributed by atoms with Gasteiger partial charge in [-0.3, -0.25) is 13.9 Å². The Hall–Kier alpha value is -4.97. The van der Waals surface area contributed by atoms with E-state index in [-0.39, 0.29) is 16.5 Å². The highest BCUT2D eigenvalue weighted by Crippen LogP contribution is 2.33. The van der Waals surface area contributed by atoms with Crippen molar-refractivity contribution in [1.29, 1.82) is 0 Å². The zero-order valence-electron chi connectivity index (χ0n) is 23.1. The van der Waals surface area contributed by atoms with E-state index >= 15 is 0 Å². The number of alkyl halides is 3. The summed E-state index contributed by atoms with van der Waals surface area (Å²) in [4.78, 5) is 25.1. The van der Waals surface area contributed by atoms with Crippen molar-refractivity contribution in [3.05, 3.63) is 125 Å². The van der Waals surface area contributed by atoms with Gasteiger partial charge in [0.05, 0.1) is 21.9 Å². The van der Waals surface area contributed by atoms with Gasteiger partial charge in [-0.1, -0.05) is 54.1 Å². The molecule has 2 N–H and O–H groups in total. The summed E-state index contributed by atoms with van der Waals surface area (Å²) < 4.78 is 67.8. The molecule has 222 valence electrons. The van der Waals surface area contributed by atoms with Crippen LogP contribution in [-0.2, 0) is 21.0 Å². The Labute approximate surface area is 246 Å². The molecule has 0 saturated carbocycles. The number of nitrogens with one attached hydrogen (secondary N) is 2. The van der Waals surface area contributed by atoms with Gasteiger partial charge in [0.15, 0.2) is 0 Å². The number of benzene rings is 4. The highest BCUT2D eigenvalue weighted by molar-refractivity contribution is 7.92. The van der Waals surface area contributed by atoms with Crippen molar-refractivity contribution in [1.82, 2.24) is 5.43 Å². The fraction of sp³-hybridized carbons (Fsp3) is 0.129. The van der Waals surface area contributed by atoms with Crippen molar-refractivity contribution in [2.24, 2.45) is 5.10 Å². The van der Waals surface area contributed by atoms with Gasteiger partial charge in [-0.05, 0) is 74.0 Å². The zero-order chi connectivity index (χ0) is 31.2. The molecule has 0 unspecified atom stereocenters. The molecule has 0 bridgehead atoms. The standard InChI is InChI=1S/C31H27F3N4O4S/c1-21-11-17-28(18-12-21)43(41,42)38(27-10-6-9-25(19-27)31(32,33)34)20-29(39)37-36-22(2)23-13-15-26(16-14-23)35-30(40)24-7-4-3-5-8-24/h3-19H,20H2,1-2H3,(H,35,40)(H,37,39)/b36-22-. The molecule has 0 aromatic heterocycles. The van der Waals surface area contributed by atoms with E-state index in [1.54, 1.807) is 80.6 Å². The second kappa shape index (κ2) is 12.9. The molecular formula is C31H27F3N4O4S. The number of anilines is 2. The van der Waals surface area contributed by atoms with Crippen molar-refractivity contribution in [2.45, 2.75) is 24.9 Å². The van der Waals surface area contributed by atoms with Crippen molar-refractivity contribution in [3.63, 3.8) is 0 Å². The summed E-state index contributed by atoms with van der Waals surface area (Å²) >= 11 is 0. The lowest BCUT2D eigenvalue weighted by molar-refractivity contribution is -0.137. The van der Waals surface area contributed by atoms with Crippen molar-refractivity contribution in [2.75, 3.05) is 16.2 Å². The fourth-order valence-electron chi connectivity index (χ4n) is 3.95. The molecule has 8 nitrogen and oxygen atoms in total. The first-order chi connectivity index (χ1) is 20.3. The molecule has 4 aromatic carbocycles. The summed E-state index contributed by atoms with van der Waals surface area (Å²) in [5.74, 6) is -1.16. The Morgan fingerprint density at radius 2 is 1.49 bits per heavy atom. The second-order valence-electron chi connectivity index (χ2n) is 9.50. The molecule has 2 amide bonds. The van der Waals surface area contributed by atoms with Gasteiger partial charge in [0, 0.05) is 11.3 Å². The number of halogens is 3. The van der Waals surface area contributed by atoms with E-state index in [9.17, 15) is 31.2 Å². The molecule has 0 heterocycles. The quantitative estimate of drug-likeness (QED) is 0.179. The number of hydrogen-bond donors (Lipinski definition) is 2.